The molecule has 1 aliphatic heterocycles. The summed E-state index contributed by atoms with van der Waals surface area (Å²) in [6, 6.07) is 14.5. The Morgan fingerprint density at radius 1 is 1.12 bits per heavy atom. The lowest BCUT2D eigenvalue weighted by atomic mass is 10.0. The number of nitrogens with zero attached hydrogens (tertiary/aromatic N) is 5. The molecule has 0 bridgehead atoms. The van der Waals surface area contributed by atoms with E-state index in [0.29, 0.717) is 6.54 Å². The Balaban J connectivity index is 1.46. The molecule has 1 aromatic heterocycles. The van der Waals surface area contributed by atoms with E-state index in [1.807, 2.05) is 10.7 Å². The fraction of sp³-hybridized carbons (Fsp3) is 0.300. The van der Waals surface area contributed by atoms with Crippen molar-refractivity contribution >= 4 is 22.6 Å². The van der Waals surface area contributed by atoms with Gasteiger partial charge in [-0.25, -0.2) is 9.67 Å². The van der Waals surface area contributed by atoms with Crippen LogP contribution in [-0.2, 0) is 6.54 Å². The zero-order valence-corrected chi connectivity index (χ0v) is 14.2. The average molecular weight is 329 g/mol. The molecular formula is C20H19N5. The van der Waals surface area contributed by atoms with Gasteiger partial charge in [0.05, 0.1) is 17.8 Å². The Bertz CT molecular complexity index is 1020. The van der Waals surface area contributed by atoms with Crippen molar-refractivity contribution < 1.29 is 0 Å². The maximum absolute atomic E-state index is 4.77. The molecule has 1 saturated carbocycles. The van der Waals surface area contributed by atoms with E-state index in [-0.39, 0.29) is 0 Å². The molecule has 5 rings (SSSR count). The highest BCUT2D eigenvalue weighted by Gasteiger charge is 2.23. The summed E-state index contributed by atoms with van der Waals surface area (Å²) in [6.45, 7) is 3.72. The summed E-state index contributed by atoms with van der Waals surface area (Å²) >= 11 is 0. The Morgan fingerprint density at radius 3 is 2.84 bits per heavy atom. The van der Waals surface area contributed by atoms with Crippen LogP contribution in [0, 0.1) is 12.8 Å². The first-order valence-corrected chi connectivity index (χ1v) is 8.79. The van der Waals surface area contributed by atoms with Crippen LogP contribution in [0.15, 0.2) is 52.4 Å². The summed E-state index contributed by atoms with van der Waals surface area (Å²) in [5, 5.41) is 8.64. The summed E-state index contributed by atoms with van der Waals surface area (Å²) in [5.74, 6) is 1.57. The van der Waals surface area contributed by atoms with Crippen LogP contribution in [-0.4, -0.2) is 33.1 Å². The van der Waals surface area contributed by atoms with Gasteiger partial charge in [-0.2, -0.15) is 0 Å². The number of amidine groups is 1. The second-order valence-corrected chi connectivity index (χ2v) is 6.93. The van der Waals surface area contributed by atoms with Crippen LogP contribution in [0.4, 0.5) is 0 Å². The van der Waals surface area contributed by atoms with Gasteiger partial charge in [-0.1, -0.05) is 29.5 Å². The van der Waals surface area contributed by atoms with Gasteiger partial charge in [0.25, 0.3) is 0 Å². The van der Waals surface area contributed by atoms with Crippen molar-refractivity contribution in [2.45, 2.75) is 26.3 Å². The van der Waals surface area contributed by atoms with Crippen LogP contribution < -0.4 is 0 Å². The van der Waals surface area contributed by atoms with Gasteiger partial charge < -0.3 is 0 Å². The van der Waals surface area contributed by atoms with Gasteiger partial charge in [0, 0.05) is 17.7 Å². The van der Waals surface area contributed by atoms with Crippen molar-refractivity contribution in [2.24, 2.45) is 15.9 Å². The summed E-state index contributed by atoms with van der Waals surface area (Å²) in [6.07, 6.45) is 2.62. The van der Waals surface area contributed by atoms with Crippen LogP contribution in [0.1, 0.15) is 29.5 Å². The van der Waals surface area contributed by atoms with E-state index >= 15 is 0 Å². The molecule has 0 spiro atoms. The second kappa shape index (κ2) is 5.62. The van der Waals surface area contributed by atoms with E-state index in [9.17, 15) is 0 Å². The number of fused-ring (bicyclic) bond motifs is 1. The van der Waals surface area contributed by atoms with Gasteiger partial charge >= 0.3 is 0 Å². The first kappa shape index (κ1) is 14.5. The first-order chi connectivity index (χ1) is 12.3. The molecule has 0 radical (unpaired) electrons. The van der Waals surface area contributed by atoms with Crippen molar-refractivity contribution in [2.75, 3.05) is 6.54 Å². The van der Waals surface area contributed by atoms with Gasteiger partial charge in [0.1, 0.15) is 5.52 Å². The number of hydrogen-bond acceptors (Lipinski definition) is 4. The number of aliphatic imine (C=N–C) groups is 2. The Labute approximate surface area is 146 Å². The minimum Gasteiger partial charge on any atom is -0.260 e. The molecule has 5 nitrogen and oxygen atoms in total. The molecule has 25 heavy (non-hydrogen) atoms. The van der Waals surface area contributed by atoms with E-state index in [2.05, 4.69) is 58.6 Å². The third-order valence-electron chi connectivity index (χ3n) is 4.98. The molecule has 0 N–H and O–H groups in total. The maximum atomic E-state index is 4.77. The standard InChI is InChI=1S/C20H19N5/c1-13-4-2-3-5-16(13)18-11-21-20(22-18)15-8-9-19-17(10-15)23-24-25(19)12-14-6-7-14/h2-5,8-10,14H,6-7,11-12H2,1H3. The van der Waals surface area contributed by atoms with Crippen molar-refractivity contribution in [1.82, 2.24) is 15.0 Å². The molecular weight excluding hydrogens is 310 g/mol. The van der Waals surface area contributed by atoms with Gasteiger partial charge in [0.2, 0.25) is 0 Å². The second-order valence-electron chi connectivity index (χ2n) is 6.93. The number of aryl methyl sites for hydroxylation is 1. The molecule has 1 aliphatic carbocycles. The predicted octanol–water partition coefficient (Wildman–Crippen LogP) is 3.40. The molecule has 2 heterocycles. The van der Waals surface area contributed by atoms with E-state index < -0.39 is 0 Å². The molecule has 0 unspecified atom stereocenters. The molecule has 1 fully saturated rings. The van der Waals surface area contributed by atoms with Crippen molar-refractivity contribution in [3.05, 3.63) is 59.2 Å². The van der Waals surface area contributed by atoms with Gasteiger partial charge in [-0.05, 0) is 49.4 Å². The highest BCUT2D eigenvalue weighted by atomic mass is 15.4. The van der Waals surface area contributed by atoms with Crippen molar-refractivity contribution in [3.63, 3.8) is 0 Å². The summed E-state index contributed by atoms with van der Waals surface area (Å²) in [4.78, 5) is 9.41. The highest BCUT2D eigenvalue weighted by molar-refractivity contribution is 6.18. The molecule has 0 amide bonds. The Morgan fingerprint density at radius 2 is 2.00 bits per heavy atom. The van der Waals surface area contributed by atoms with E-state index in [0.717, 1.165) is 40.6 Å². The lowest BCUT2D eigenvalue weighted by molar-refractivity contribution is 0.559. The quantitative estimate of drug-likeness (QED) is 0.736. The molecule has 2 aliphatic rings. The normalized spacial score (nSPS) is 17.0. The Hall–Kier alpha value is -2.82. The minimum atomic E-state index is 0.632. The summed E-state index contributed by atoms with van der Waals surface area (Å²) < 4.78 is 2.02. The lowest BCUT2D eigenvalue weighted by Crippen LogP contribution is -2.04. The minimum absolute atomic E-state index is 0.632. The predicted molar refractivity (Wildman–Crippen MR) is 99.4 cm³/mol. The topological polar surface area (TPSA) is 55.4 Å². The van der Waals surface area contributed by atoms with Crippen LogP contribution in [0.2, 0.25) is 0 Å². The van der Waals surface area contributed by atoms with Gasteiger partial charge in [-0.15, -0.1) is 5.10 Å². The summed E-state index contributed by atoms with van der Waals surface area (Å²) in [7, 11) is 0. The van der Waals surface area contributed by atoms with Gasteiger partial charge in [0.15, 0.2) is 5.84 Å². The van der Waals surface area contributed by atoms with Crippen LogP contribution in [0.5, 0.6) is 0 Å². The van der Waals surface area contributed by atoms with E-state index in [1.165, 1.54) is 24.0 Å². The number of hydrogen-bond donors (Lipinski definition) is 0. The van der Waals surface area contributed by atoms with Gasteiger partial charge in [-0.3, -0.25) is 4.99 Å². The van der Waals surface area contributed by atoms with E-state index in [4.69, 9.17) is 4.99 Å². The van der Waals surface area contributed by atoms with Crippen LogP contribution >= 0.6 is 0 Å². The smallest absolute Gasteiger partial charge is 0.155 e. The maximum Gasteiger partial charge on any atom is 0.155 e. The van der Waals surface area contributed by atoms with E-state index in [1.54, 1.807) is 0 Å². The third kappa shape index (κ3) is 2.65. The molecule has 0 saturated heterocycles. The number of rotatable bonds is 4. The number of benzene rings is 2. The third-order valence-corrected chi connectivity index (χ3v) is 4.98. The van der Waals surface area contributed by atoms with Crippen molar-refractivity contribution in [3.8, 4) is 0 Å². The zero-order chi connectivity index (χ0) is 16.8. The first-order valence-electron chi connectivity index (χ1n) is 8.79. The fourth-order valence-electron chi connectivity index (χ4n) is 3.34. The molecule has 0 atom stereocenters. The van der Waals surface area contributed by atoms with Crippen LogP contribution in [0.3, 0.4) is 0 Å². The monoisotopic (exact) mass is 329 g/mol. The molecule has 124 valence electrons. The lowest BCUT2D eigenvalue weighted by Gasteiger charge is -2.03. The molecule has 5 heteroatoms. The fourth-order valence-corrected chi connectivity index (χ4v) is 3.34. The highest BCUT2D eigenvalue weighted by Crippen LogP contribution is 2.31. The Kier molecular flexibility index (Phi) is 3.26. The van der Waals surface area contributed by atoms with Crippen LogP contribution in [0.25, 0.3) is 11.0 Å². The largest absolute Gasteiger partial charge is 0.260 e. The number of aromatic nitrogens is 3. The summed E-state index contributed by atoms with van der Waals surface area (Å²) in [5.41, 5.74) is 6.46. The average Bonchev–Trinajstić information content (AvgIpc) is 3.16. The SMILES string of the molecule is Cc1ccccc1C1=NC(c2ccc3c(c2)nnn3CC2CC2)=NC1. The molecule has 2 aromatic carbocycles. The van der Waals surface area contributed by atoms with Crippen molar-refractivity contribution in [1.29, 1.82) is 0 Å². The molecule has 3 aromatic rings. The zero-order valence-electron chi connectivity index (χ0n) is 14.2.